The monoisotopic (exact) mass is 260 g/mol. The number of rotatable bonds is 5. The van der Waals surface area contributed by atoms with Gasteiger partial charge in [-0.15, -0.1) is 0 Å². The van der Waals surface area contributed by atoms with Gasteiger partial charge in [-0.3, -0.25) is 4.79 Å². The quantitative estimate of drug-likeness (QED) is 0.818. The largest absolute Gasteiger partial charge is 0.496 e. The second-order valence-corrected chi connectivity index (χ2v) is 4.89. The molecule has 1 aromatic carbocycles. The summed E-state index contributed by atoms with van der Waals surface area (Å²) in [5.74, 6) is 0.697. The summed E-state index contributed by atoms with van der Waals surface area (Å²) < 4.78 is 5.18. The summed E-state index contributed by atoms with van der Waals surface area (Å²) in [4.78, 5) is 13.9. The van der Waals surface area contributed by atoms with Crippen LogP contribution >= 0.6 is 0 Å². The normalized spacial score (nSPS) is 11.8. The molecule has 1 amide bonds. The molecule has 0 saturated carbocycles. The van der Waals surface area contributed by atoms with Crippen molar-refractivity contribution in [3.8, 4) is 11.8 Å². The van der Waals surface area contributed by atoms with Gasteiger partial charge in [0.1, 0.15) is 11.8 Å². The van der Waals surface area contributed by atoms with Gasteiger partial charge in [0.25, 0.3) is 5.91 Å². The standard InChI is InChI=1S/C15H20N2O2/c1-11(2)9-12(10-16)17(3)15(18)13-7-5-6-8-14(13)19-4/h5-8,11-12H,9H2,1-4H3. The molecular weight excluding hydrogens is 240 g/mol. The van der Waals surface area contributed by atoms with Crippen LogP contribution in [0, 0.1) is 17.2 Å². The van der Waals surface area contributed by atoms with Crippen molar-refractivity contribution in [3.63, 3.8) is 0 Å². The molecule has 1 aromatic rings. The van der Waals surface area contributed by atoms with E-state index in [9.17, 15) is 10.1 Å². The van der Waals surface area contributed by atoms with Gasteiger partial charge in [0.15, 0.2) is 0 Å². The molecular formula is C15H20N2O2. The van der Waals surface area contributed by atoms with E-state index in [-0.39, 0.29) is 5.91 Å². The minimum Gasteiger partial charge on any atom is -0.496 e. The molecule has 0 saturated heterocycles. The lowest BCUT2D eigenvalue weighted by Crippen LogP contribution is -2.37. The minimum atomic E-state index is -0.419. The van der Waals surface area contributed by atoms with Crippen LogP contribution in [0.15, 0.2) is 24.3 Å². The van der Waals surface area contributed by atoms with E-state index in [0.29, 0.717) is 23.7 Å². The third-order valence-corrected chi connectivity index (χ3v) is 2.97. The molecule has 0 bridgehead atoms. The van der Waals surface area contributed by atoms with Crippen LogP contribution in [0.4, 0.5) is 0 Å². The summed E-state index contributed by atoms with van der Waals surface area (Å²) in [6.45, 7) is 4.07. The van der Waals surface area contributed by atoms with E-state index in [1.165, 1.54) is 12.0 Å². The van der Waals surface area contributed by atoms with Gasteiger partial charge < -0.3 is 9.64 Å². The molecule has 0 heterocycles. The number of ether oxygens (including phenoxy) is 1. The molecule has 1 atom stereocenters. The van der Waals surface area contributed by atoms with Gasteiger partial charge in [0.2, 0.25) is 0 Å². The lowest BCUT2D eigenvalue weighted by atomic mass is 10.0. The molecule has 0 fully saturated rings. The Morgan fingerprint density at radius 3 is 2.58 bits per heavy atom. The van der Waals surface area contributed by atoms with Gasteiger partial charge in [0.05, 0.1) is 18.7 Å². The summed E-state index contributed by atoms with van der Waals surface area (Å²) in [6, 6.07) is 8.81. The minimum absolute atomic E-state index is 0.190. The SMILES string of the molecule is COc1ccccc1C(=O)N(C)C(C#N)CC(C)C. The molecule has 4 heteroatoms. The van der Waals surface area contributed by atoms with Gasteiger partial charge in [-0.1, -0.05) is 26.0 Å². The van der Waals surface area contributed by atoms with E-state index >= 15 is 0 Å². The molecule has 0 N–H and O–H groups in total. The lowest BCUT2D eigenvalue weighted by molar-refractivity contribution is 0.0749. The van der Waals surface area contributed by atoms with E-state index in [4.69, 9.17) is 4.74 Å². The van der Waals surface area contributed by atoms with E-state index in [1.54, 1.807) is 25.2 Å². The topological polar surface area (TPSA) is 53.3 Å². The lowest BCUT2D eigenvalue weighted by Gasteiger charge is -2.24. The van der Waals surface area contributed by atoms with Crippen molar-refractivity contribution in [2.75, 3.05) is 14.2 Å². The second-order valence-electron chi connectivity index (χ2n) is 4.89. The maximum Gasteiger partial charge on any atom is 0.258 e. The summed E-state index contributed by atoms with van der Waals surface area (Å²) >= 11 is 0. The van der Waals surface area contributed by atoms with Crippen molar-refractivity contribution in [1.82, 2.24) is 4.90 Å². The predicted octanol–water partition coefficient (Wildman–Crippen LogP) is 2.71. The Kier molecular flexibility index (Phi) is 5.37. The fraction of sp³-hybridized carbons (Fsp3) is 0.467. The summed E-state index contributed by atoms with van der Waals surface area (Å²) in [5.41, 5.74) is 0.483. The van der Waals surface area contributed by atoms with Crippen molar-refractivity contribution in [3.05, 3.63) is 29.8 Å². The molecule has 0 radical (unpaired) electrons. The average molecular weight is 260 g/mol. The predicted molar refractivity (Wildman–Crippen MR) is 73.9 cm³/mol. The molecule has 0 spiro atoms. The number of carbonyl (C=O) groups excluding carboxylic acids is 1. The van der Waals surface area contributed by atoms with Gasteiger partial charge >= 0.3 is 0 Å². The summed E-state index contributed by atoms with van der Waals surface area (Å²) in [6.07, 6.45) is 0.661. The molecule has 1 unspecified atom stereocenters. The zero-order chi connectivity index (χ0) is 14.4. The maximum absolute atomic E-state index is 12.4. The van der Waals surface area contributed by atoms with Gasteiger partial charge in [-0.05, 0) is 24.5 Å². The van der Waals surface area contributed by atoms with E-state index in [1.807, 2.05) is 19.9 Å². The fourth-order valence-electron chi connectivity index (χ4n) is 1.90. The summed E-state index contributed by atoms with van der Waals surface area (Å²) in [5, 5.41) is 9.19. The Morgan fingerprint density at radius 1 is 1.42 bits per heavy atom. The Labute approximate surface area is 114 Å². The summed E-state index contributed by atoms with van der Waals surface area (Å²) in [7, 11) is 3.19. The highest BCUT2D eigenvalue weighted by molar-refractivity contribution is 5.97. The molecule has 0 aliphatic carbocycles. The van der Waals surface area contributed by atoms with Crippen LogP contribution in [0.2, 0.25) is 0 Å². The first-order valence-electron chi connectivity index (χ1n) is 6.31. The molecule has 0 aliphatic rings. The number of nitriles is 1. The number of para-hydroxylation sites is 1. The highest BCUT2D eigenvalue weighted by Crippen LogP contribution is 2.21. The van der Waals surface area contributed by atoms with E-state index in [2.05, 4.69) is 6.07 Å². The van der Waals surface area contributed by atoms with Crippen LogP contribution in [-0.4, -0.2) is 31.0 Å². The van der Waals surface area contributed by atoms with Crippen LogP contribution in [0.25, 0.3) is 0 Å². The first kappa shape index (κ1) is 15.0. The zero-order valence-electron chi connectivity index (χ0n) is 11.9. The van der Waals surface area contributed by atoms with Crippen LogP contribution in [0.1, 0.15) is 30.6 Å². The molecule has 0 aromatic heterocycles. The first-order valence-corrected chi connectivity index (χ1v) is 6.31. The van der Waals surface area contributed by atoms with Crippen LogP contribution < -0.4 is 4.74 Å². The highest BCUT2D eigenvalue weighted by Gasteiger charge is 2.23. The van der Waals surface area contributed by atoms with Crippen LogP contribution in [0.3, 0.4) is 0 Å². The molecule has 102 valence electrons. The Balaban J connectivity index is 2.95. The Morgan fingerprint density at radius 2 is 2.05 bits per heavy atom. The number of hydrogen-bond acceptors (Lipinski definition) is 3. The number of carbonyl (C=O) groups is 1. The average Bonchev–Trinajstić information content (AvgIpc) is 2.42. The number of nitrogens with zero attached hydrogens (tertiary/aromatic N) is 2. The van der Waals surface area contributed by atoms with Crippen molar-refractivity contribution in [1.29, 1.82) is 5.26 Å². The highest BCUT2D eigenvalue weighted by atomic mass is 16.5. The molecule has 19 heavy (non-hydrogen) atoms. The van der Waals surface area contributed by atoms with Gasteiger partial charge in [0, 0.05) is 7.05 Å². The number of methoxy groups -OCH3 is 1. The maximum atomic E-state index is 12.4. The van der Waals surface area contributed by atoms with Crippen molar-refractivity contribution in [2.45, 2.75) is 26.3 Å². The van der Waals surface area contributed by atoms with Crippen LogP contribution in [-0.2, 0) is 0 Å². The van der Waals surface area contributed by atoms with E-state index < -0.39 is 6.04 Å². The molecule has 0 aliphatic heterocycles. The Hall–Kier alpha value is -2.02. The van der Waals surface area contributed by atoms with Crippen molar-refractivity contribution < 1.29 is 9.53 Å². The number of hydrogen-bond donors (Lipinski definition) is 0. The number of amides is 1. The van der Waals surface area contributed by atoms with Crippen LogP contribution in [0.5, 0.6) is 5.75 Å². The first-order chi connectivity index (χ1) is 9.01. The fourth-order valence-corrected chi connectivity index (χ4v) is 1.90. The molecule has 1 rings (SSSR count). The third kappa shape index (κ3) is 3.72. The third-order valence-electron chi connectivity index (χ3n) is 2.97. The van der Waals surface area contributed by atoms with Gasteiger partial charge in [-0.2, -0.15) is 5.26 Å². The van der Waals surface area contributed by atoms with E-state index in [0.717, 1.165) is 0 Å². The smallest absolute Gasteiger partial charge is 0.258 e. The molecule has 4 nitrogen and oxygen atoms in total. The van der Waals surface area contributed by atoms with Gasteiger partial charge in [-0.25, -0.2) is 0 Å². The second kappa shape index (κ2) is 6.79. The van der Waals surface area contributed by atoms with Crippen molar-refractivity contribution >= 4 is 5.91 Å². The van der Waals surface area contributed by atoms with Crippen molar-refractivity contribution in [2.24, 2.45) is 5.92 Å². The zero-order valence-corrected chi connectivity index (χ0v) is 11.9. The Bertz CT molecular complexity index is 477. The number of benzene rings is 1.